The molecule has 2 atom stereocenters. The predicted molar refractivity (Wildman–Crippen MR) is 118 cm³/mol. The summed E-state index contributed by atoms with van der Waals surface area (Å²) in [5.74, 6) is -2.51. The highest BCUT2D eigenvalue weighted by molar-refractivity contribution is 6.24. The summed E-state index contributed by atoms with van der Waals surface area (Å²) in [7, 11) is 0. The number of amides is 3. The van der Waals surface area contributed by atoms with E-state index in [-0.39, 0.29) is 11.8 Å². The molecule has 3 amide bonds. The number of carbonyl (C=O) groups is 3. The zero-order chi connectivity index (χ0) is 22.2. The van der Waals surface area contributed by atoms with Crippen LogP contribution in [0.15, 0.2) is 54.6 Å². The van der Waals surface area contributed by atoms with Crippen LogP contribution >= 0.6 is 0 Å². The highest BCUT2D eigenvalue weighted by atomic mass is 16.5. The van der Waals surface area contributed by atoms with Gasteiger partial charge in [-0.25, -0.2) is 4.90 Å². The first-order chi connectivity index (χ1) is 14.8. The van der Waals surface area contributed by atoms with Gasteiger partial charge in [-0.05, 0) is 24.6 Å². The summed E-state index contributed by atoms with van der Waals surface area (Å²) in [6.45, 7) is 7.41. The average molecular weight is 421 g/mol. The Morgan fingerprint density at radius 1 is 0.968 bits per heavy atom. The monoisotopic (exact) mass is 420 g/mol. The van der Waals surface area contributed by atoms with Crippen LogP contribution in [0.4, 0.5) is 5.69 Å². The van der Waals surface area contributed by atoms with Crippen LogP contribution in [0.1, 0.15) is 30.9 Å². The summed E-state index contributed by atoms with van der Waals surface area (Å²) in [6.07, 6.45) is 0. The molecule has 2 aliphatic heterocycles. The average Bonchev–Trinajstić information content (AvgIpc) is 2.78. The number of nitrogens with zero attached hydrogens (tertiary/aromatic N) is 2. The molecule has 0 bridgehead atoms. The number of carbonyl (C=O) groups excluding carboxylic acids is 3. The largest absolute Gasteiger partial charge is 0.378 e. The molecule has 0 unspecified atom stereocenters. The molecule has 4 rings (SSSR count). The summed E-state index contributed by atoms with van der Waals surface area (Å²) in [5, 5.41) is 0. The highest BCUT2D eigenvalue weighted by Gasteiger charge is 2.57. The lowest BCUT2D eigenvalue weighted by molar-refractivity contribution is -0.152. The van der Waals surface area contributed by atoms with E-state index in [9.17, 15) is 14.4 Å². The van der Waals surface area contributed by atoms with Crippen molar-refractivity contribution in [1.82, 2.24) is 4.90 Å². The first-order valence-corrected chi connectivity index (χ1v) is 10.7. The molecule has 0 radical (unpaired) electrons. The molecule has 2 aromatic carbocycles. The molecule has 0 saturated carbocycles. The summed E-state index contributed by atoms with van der Waals surface area (Å²) >= 11 is 0. The van der Waals surface area contributed by atoms with Gasteiger partial charge >= 0.3 is 0 Å². The number of benzene rings is 2. The first-order valence-electron chi connectivity index (χ1n) is 10.7. The fourth-order valence-electron chi connectivity index (χ4n) is 4.66. The molecule has 0 aliphatic carbocycles. The van der Waals surface area contributed by atoms with Crippen molar-refractivity contribution in [2.45, 2.75) is 26.7 Å². The minimum atomic E-state index is -0.977. The number of ether oxygens (including phenoxy) is 1. The Kier molecular flexibility index (Phi) is 5.67. The van der Waals surface area contributed by atoms with E-state index in [4.69, 9.17) is 4.74 Å². The Balaban J connectivity index is 1.82. The van der Waals surface area contributed by atoms with Crippen LogP contribution in [0.5, 0.6) is 0 Å². The Labute approximate surface area is 182 Å². The molecule has 2 saturated heterocycles. The lowest BCUT2D eigenvalue weighted by atomic mass is 9.64. The van der Waals surface area contributed by atoms with Crippen molar-refractivity contribution in [3.8, 4) is 0 Å². The topological polar surface area (TPSA) is 66.9 Å². The number of anilines is 1. The quantitative estimate of drug-likeness (QED) is 0.565. The second kappa shape index (κ2) is 8.27. The maximum absolute atomic E-state index is 13.8. The van der Waals surface area contributed by atoms with E-state index < -0.39 is 23.2 Å². The highest BCUT2D eigenvalue weighted by Crippen LogP contribution is 2.48. The van der Waals surface area contributed by atoms with Gasteiger partial charge in [0.15, 0.2) is 0 Å². The van der Waals surface area contributed by atoms with Crippen LogP contribution in [0.3, 0.4) is 0 Å². The fraction of sp³-hybridized carbons (Fsp3) is 0.400. The summed E-state index contributed by atoms with van der Waals surface area (Å²) in [5.41, 5.74) is 1.40. The van der Waals surface area contributed by atoms with Crippen molar-refractivity contribution >= 4 is 23.4 Å². The van der Waals surface area contributed by atoms with Gasteiger partial charge in [0, 0.05) is 19.0 Å². The number of morpholine rings is 1. The summed E-state index contributed by atoms with van der Waals surface area (Å²) in [6, 6.07) is 16.7. The van der Waals surface area contributed by atoms with E-state index in [1.54, 1.807) is 17.0 Å². The van der Waals surface area contributed by atoms with Crippen LogP contribution in [0.25, 0.3) is 0 Å². The maximum Gasteiger partial charge on any atom is 0.247 e. The lowest BCUT2D eigenvalue weighted by Crippen LogP contribution is -2.61. The Hall–Kier alpha value is -2.99. The molecule has 2 fully saturated rings. The molecule has 0 N–H and O–H groups in total. The van der Waals surface area contributed by atoms with E-state index in [1.165, 1.54) is 4.90 Å². The van der Waals surface area contributed by atoms with Crippen molar-refractivity contribution in [1.29, 1.82) is 0 Å². The number of piperidine rings is 1. The zero-order valence-electron chi connectivity index (χ0n) is 18.2. The minimum absolute atomic E-state index is 0.236. The van der Waals surface area contributed by atoms with E-state index in [2.05, 4.69) is 0 Å². The van der Waals surface area contributed by atoms with Crippen molar-refractivity contribution in [3.63, 3.8) is 0 Å². The van der Waals surface area contributed by atoms with Crippen molar-refractivity contribution in [2.24, 2.45) is 11.3 Å². The smallest absolute Gasteiger partial charge is 0.247 e. The van der Waals surface area contributed by atoms with Gasteiger partial charge in [-0.1, -0.05) is 61.9 Å². The van der Waals surface area contributed by atoms with Crippen molar-refractivity contribution in [3.05, 3.63) is 65.7 Å². The second-order valence-corrected chi connectivity index (χ2v) is 8.84. The van der Waals surface area contributed by atoms with Crippen LogP contribution < -0.4 is 4.90 Å². The van der Waals surface area contributed by atoms with Crippen molar-refractivity contribution < 1.29 is 19.1 Å². The van der Waals surface area contributed by atoms with Gasteiger partial charge in [-0.2, -0.15) is 0 Å². The minimum Gasteiger partial charge on any atom is -0.378 e. The van der Waals surface area contributed by atoms with Crippen molar-refractivity contribution in [2.75, 3.05) is 31.2 Å². The molecule has 2 aromatic rings. The molecule has 0 spiro atoms. The van der Waals surface area contributed by atoms with Gasteiger partial charge in [-0.15, -0.1) is 0 Å². The molecule has 162 valence electrons. The SMILES string of the molecule is Cc1ccc(N2C(=O)[C@H](C(=O)N3CCOCC3)[C@H](c3ccccc3)C(C)(C)C2=O)cc1. The van der Waals surface area contributed by atoms with E-state index in [1.807, 2.05) is 63.2 Å². The third-order valence-electron chi connectivity index (χ3n) is 6.39. The van der Waals surface area contributed by atoms with Crippen LogP contribution in [-0.4, -0.2) is 48.9 Å². The molecule has 0 aromatic heterocycles. The molecule has 6 heteroatoms. The molecule has 6 nitrogen and oxygen atoms in total. The summed E-state index contributed by atoms with van der Waals surface area (Å²) in [4.78, 5) is 44.0. The van der Waals surface area contributed by atoms with E-state index in [0.717, 1.165) is 11.1 Å². The normalized spacial score (nSPS) is 23.7. The molecule has 2 heterocycles. The third-order valence-corrected chi connectivity index (χ3v) is 6.39. The molecule has 31 heavy (non-hydrogen) atoms. The zero-order valence-corrected chi connectivity index (χ0v) is 18.2. The standard InChI is InChI=1S/C25H28N2O4/c1-17-9-11-19(12-10-17)27-23(29)20(22(28)26-13-15-31-16-14-26)21(25(2,3)24(27)30)18-7-5-4-6-8-18/h4-12,20-21H,13-16H2,1-3H3/t20-,21-/m0/s1. The fourth-order valence-corrected chi connectivity index (χ4v) is 4.66. The Morgan fingerprint density at radius 2 is 1.58 bits per heavy atom. The van der Waals surface area contributed by atoms with Crippen LogP contribution in [0, 0.1) is 18.3 Å². The number of hydrogen-bond acceptors (Lipinski definition) is 4. The predicted octanol–water partition coefficient (Wildman–Crippen LogP) is 3.15. The van der Waals surface area contributed by atoms with Crippen LogP contribution in [0.2, 0.25) is 0 Å². The third kappa shape index (κ3) is 3.76. The Morgan fingerprint density at radius 3 is 2.19 bits per heavy atom. The first kappa shape index (κ1) is 21.2. The molecule has 2 aliphatic rings. The van der Waals surface area contributed by atoms with Gasteiger partial charge in [0.1, 0.15) is 5.92 Å². The number of rotatable bonds is 3. The summed E-state index contributed by atoms with van der Waals surface area (Å²) < 4.78 is 5.39. The van der Waals surface area contributed by atoms with Crippen LogP contribution in [-0.2, 0) is 19.1 Å². The number of aryl methyl sites for hydroxylation is 1. The van der Waals surface area contributed by atoms with Gasteiger partial charge in [0.25, 0.3) is 0 Å². The molecular weight excluding hydrogens is 392 g/mol. The second-order valence-electron chi connectivity index (χ2n) is 8.84. The van der Waals surface area contributed by atoms with Gasteiger partial charge in [0.2, 0.25) is 17.7 Å². The van der Waals surface area contributed by atoms with E-state index in [0.29, 0.717) is 32.0 Å². The Bertz CT molecular complexity index is 978. The number of imide groups is 1. The van der Waals surface area contributed by atoms with E-state index >= 15 is 0 Å². The lowest BCUT2D eigenvalue weighted by Gasteiger charge is -2.47. The number of hydrogen-bond donors (Lipinski definition) is 0. The van der Waals surface area contributed by atoms with Gasteiger partial charge < -0.3 is 9.64 Å². The van der Waals surface area contributed by atoms with Gasteiger partial charge in [0.05, 0.1) is 24.3 Å². The molecular formula is C25H28N2O4. The maximum atomic E-state index is 13.8. The van der Waals surface area contributed by atoms with Gasteiger partial charge in [-0.3, -0.25) is 14.4 Å².